The SMILES string of the molecule is O=C(O)C1CCc2c(Cl)cccc21. The highest BCUT2D eigenvalue weighted by Crippen LogP contribution is 2.36. The summed E-state index contributed by atoms with van der Waals surface area (Å²) in [4.78, 5) is 10.8. The molecule has 2 rings (SSSR count). The first-order valence-corrected chi connectivity index (χ1v) is 4.58. The Morgan fingerprint density at radius 2 is 2.31 bits per heavy atom. The second kappa shape index (κ2) is 3.04. The van der Waals surface area contributed by atoms with Crippen molar-refractivity contribution in [1.82, 2.24) is 0 Å². The maximum atomic E-state index is 10.8. The number of aliphatic carboxylic acids is 1. The number of rotatable bonds is 1. The van der Waals surface area contributed by atoms with Crippen molar-refractivity contribution in [3.63, 3.8) is 0 Å². The highest BCUT2D eigenvalue weighted by molar-refractivity contribution is 6.31. The van der Waals surface area contributed by atoms with Crippen molar-refractivity contribution in [3.8, 4) is 0 Å². The Labute approximate surface area is 81.1 Å². The Bertz CT molecular complexity index is 360. The van der Waals surface area contributed by atoms with Crippen molar-refractivity contribution >= 4 is 17.6 Å². The molecule has 1 atom stereocenters. The Kier molecular flexibility index (Phi) is 2.00. The highest BCUT2D eigenvalue weighted by atomic mass is 35.5. The van der Waals surface area contributed by atoms with Crippen LogP contribution in [0.5, 0.6) is 0 Å². The molecular weight excluding hydrogens is 188 g/mol. The van der Waals surface area contributed by atoms with Gasteiger partial charge in [-0.05, 0) is 30.0 Å². The van der Waals surface area contributed by atoms with Crippen LogP contribution in [0.25, 0.3) is 0 Å². The second-order valence-corrected chi connectivity index (χ2v) is 3.64. The van der Waals surface area contributed by atoms with Gasteiger partial charge in [0.05, 0.1) is 5.92 Å². The van der Waals surface area contributed by atoms with Crippen LogP contribution in [0.3, 0.4) is 0 Å². The Morgan fingerprint density at radius 3 is 3.00 bits per heavy atom. The van der Waals surface area contributed by atoms with Crippen molar-refractivity contribution < 1.29 is 9.90 Å². The molecule has 1 aromatic carbocycles. The van der Waals surface area contributed by atoms with E-state index in [1.165, 1.54) is 0 Å². The number of carbonyl (C=O) groups is 1. The minimum atomic E-state index is -0.749. The summed E-state index contributed by atoms with van der Waals surface area (Å²) >= 11 is 5.95. The molecule has 1 aromatic rings. The van der Waals surface area contributed by atoms with Gasteiger partial charge in [-0.3, -0.25) is 4.79 Å². The Hall–Kier alpha value is -1.02. The number of halogens is 1. The molecule has 0 amide bonds. The number of carboxylic acids is 1. The van der Waals surface area contributed by atoms with Crippen molar-refractivity contribution in [2.24, 2.45) is 0 Å². The van der Waals surface area contributed by atoms with Gasteiger partial charge in [-0.2, -0.15) is 0 Å². The third kappa shape index (κ3) is 1.31. The minimum absolute atomic E-state index is 0.353. The summed E-state index contributed by atoms with van der Waals surface area (Å²) in [6, 6.07) is 5.47. The van der Waals surface area contributed by atoms with Gasteiger partial charge in [-0.25, -0.2) is 0 Å². The predicted octanol–water partition coefficient (Wildman–Crippen LogP) is 2.45. The van der Waals surface area contributed by atoms with Gasteiger partial charge in [0.15, 0.2) is 0 Å². The van der Waals surface area contributed by atoms with Crippen LogP contribution in [-0.4, -0.2) is 11.1 Å². The summed E-state index contributed by atoms with van der Waals surface area (Å²) < 4.78 is 0. The summed E-state index contributed by atoms with van der Waals surface area (Å²) in [5.41, 5.74) is 1.90. The van der Waals surface area contributed by atoms with Crippen molar-refractivity contribution in [1.29, 1.82) is 0 Å². The van der Waals surface area contributed by atoms with E-state index in [1.54, 1.807) is 0 Å². The number of fused-ring (bicyclic) bond motifs is 1. The van der Waals surface area contributed by atoms with Crippen LogP contribution in [0.15, 0.2) is 18.2 Å². The first-order chi connectivity index (χ1) is 6.20. The minimum Gasteiger partial charge on any atom is -0.481 e. The predicted molar refractivity (Wildman–Crippen MR) is 50.1 cm³/mol. The third-order valence-corrected chi connectivity index (χ3v) is 2.87. The molecule has 0 bridgehead atoms. The molecule has 3 heteroatoms. The molecule has 0 heterocycles. The van der Waals surface area contributed by atoms with Crippen molar-refractivity contribution in [3.05, 3.63) is 34.3 Å². The van der Waals surface area contributed by atoms with Crippen LogP contribution in [0.1, 0.15) is 23.5 Å². The van der Waals surface area contributed by atoms with E-state index in [0.29, 0.717) is 11.4 Å². The quantitative estimate of drug-likeness (QED) is 0.749. The van der Waals surface area contributed by atoms with Gasteiger partial charge in [-0.15, -0.1) is 0 Å². The zero-order valence-electron chi connectivity index (χ0n) is 6.96. The molecule has 1 aliphatic rings. The fraction of sp³-hybridized carbons (Fsp3) is 0.300. The number of hydrogen-bond acceptors (Lipinski definition) is 1. The average Bonchev–Trinajstić information content (AvgIpc) is 2.48. The molecule has 1 aliphatic carbocycles. The monoisotopic (exact) mass is 196 g/mol. The lowest BCUT2D eigenvalue weighted by Gasteiger charge is -2.05. The van der Waals surface area contributed by atoms with E-state index in [0.717, 1.165) is 17.5 Å². The summed E-state index contributed by atoms with van der Waals surface area (Å²) in [5.74, 6) is -1.10. The van der Waals surface area contributed by atoms with E-state index in [4.69, 9.17) is 16.7 Å². The smallest absolute Gasteiger partial charge is 0.310 e. The first kappa shape index (κ1) is 8.57. The molecule has 0 aliphatic heterocycles. The van der Waals surface area contributed by atoms with Gasteiger partial charge in [0.2, 0.25) is 0 Å². The molecule has 13 heavy (non-hydrogen) atoms. The van der Waals surface area contributed by atoms with E-state index < -0.39 is 5.97 Å². The lowest BCUT2D eigenvalue weighted by Crippen LogP contribution is -2.07. The molecular formula is C10H9ClO2. The molecule has 0 saturated carbocycles. The van der Waals surface area contributed by atoms with E-state index in [-0.39, 0.29) is 5.92 Å². The topological polar surface area (TPSA) is 37.3 Å². The Balaban J connectivity index is 2.49. The zero-order valence-corrected chi connectivity index (χ0v) is 7.71. The fourth-order valence-electron chi connectivity index (χ4n) is 1.87. The summed E-state index contributed by atoms with van der Waals surface area (Å²) in [7, 11) is 0. The van der Waals surface area contributed by atoms with E-state index >= 15 is 0 Å². The molecule has 0 radical (unpaired) electrons. The van der Waals surface area contributed by atoms with Crippen LogP contribution in [0.4, 0.5) is 0 Å². The molecule has 1 N–H and O–H groups in total. The molecule has 1 unspecified atom stereocenters. The van der Waals surface area contributed by atoms with Crippen LogP contribution in [0, 0.1) is 0 Å². The van der Waals surface area contributed by atoms with Crippen molar-refractivity contribution in [2.75, 3.05) is 0 Å². The number of benzene rings is 1. The largest absolute Gasteiger partial charge is 0.481 e. The summed E-state index contributed by atoms with van der Waals surface area (Å²) in [6.07, 6.45) is 1.46. The Morgan fingerprint density at radius 1 is 1.54 bits per heavy atom. The molecule has 68 valence electrons. The zero-order chi connectivity index (χ0) is 9.42. The molecule has 0 spiro atoms. The van der Waals surface area contributed by atoms with Gasteiger partial charge in [0.1, 0.15) is 0 Å². The molecule has 0 aromatic heterocycles. The molecule has 0 fully saturated rings. The molecule has 0 saturated heterocycles. The van der Waals surface area contributed by atoms with Gasteiger partial charge in [0, 0.05) is 5.02 Å². The van der Waals surface area contributed by atoms with Gasteiger partial charge < -0.3 is 5.11 Å². The van der Waals surface area contributed by atoms with Gasteiger partial charge in [0.25, 0.3) is 0 Å². The van der Waals surface area contributed by atoms with E-state index in [1.807, 2.05) is 18.2 Å². The highest BCUT2D eigenvalue weighted by Gasteiger charge is 2.29. The van der Waals surface area contributed by atoms with Crippen LogP contribution < -0.4 is 0 Å². The number of hydrogen-bond donors (Lipinski definition) is 1. The maximum absolute atomic E-state index is 10.8. The maximum Gasteiger partial charge on any atom is 0.310 e. The van der Waals surface area contributed by atoms with Crippen molar-refractivity contribution in [2.45, 2.75) is 18.8 Å². The summed E-state index contributed by atoms with van der Waals surface area (Å²) in [5, 5.41) is 9.60. The van der Waals surface area contributed by atoms with Gasteiger partial charge in [-0.1, -0.05) is 23.7 Å². The van der Waals surface area contributed by atoms with Crippen LogP contribution >= 0.6 is 11.6 Å². The van der Waals surface area contributed by atoms with E-state index in [9.17, 15) is 4.79 Å². The third-order valence-electron chi connectivity index (χ3n) is 2.51. The molecule has 2 nitrogen and oxygen atoms in total. The standard InChI is InChI=1S/C10H9ClO2/c11-9-3-1-2-6-7(9)4-5-8(6)10(12)13/h1-3,8H,4-5H2,(H,12,13). The second-order valence-electron chi connectivity index (χ2n) is 3.24. The first-order valence-electron chi connectivity index (χ1n) is 4.20. The van der Waals surface area contributed by atoms with Gasteiger partial charge >= 0.3 is 5.97 Å². The fourth-order valence-corrected chi connectivity index (χ4v) is 2.14. The summed E-state index contributed by atoms with van der Waals surface area (Å²) in [6.45, 7) is 0. The lowest BCUT2D eigenvalue weighted by atomic mass is 10.0. The van der Waals surface area contributed by atoms with Crippen LogP contribution in [-0.2, 0) is 11.2 Å². The van der Waals surface area contributed by atoms with E-state index in [2.05, 4.69) is 0 Å². The lowest BCUT2D eigenvalue weighted by molar-refractivity contribution is -0.138. The average molecular weight is 197 g/mol. The number of carboxylic acid groups (broad SMARTS) is 1. The van der Waals surface area contributed by atoms with Crippen LogP contribution in [0.2, 0.25) is 5.02 Å². The normalized spacial score (nSPS) is 19.9.